The Hall–Kier alpha value is -1.66. The first-order valence-electron chi connectivity index (χ1n) is 7.11. The Morgan fingerprint density at radius 2 is 2.10 bits per heavy atom. The van der Waals surface area contributed by atoms with Gasteiger partial charge >= 0.3 is 0 Å². The molecule has 1 saturated heterocycles. The summed E-state index contributed by atoms with van der Waals surface area (Å²) in [4.78, 5) is 17.6. The summed E-state index contributed by atoms with van der Waals surface area (Å²) in [6, 6.07) is 3.97. The summed E-state index contributed by atoms with van der Waals surface area (Å²) in [6.45, 7) is 7.96. The quantitative estimate of drug-likeness (QED) is 0.873. The fraction of sp³-hybridized carbons (Fsp3) is 0.467. The van der Waals surface area contributed by atoms with Gasteiger partial charge in [-0.05, 0) is 30.9 Å². The molecule has 1 aliphatic rings. The summed E-state index contributed by atoms with van der Waals surface area (Å²) in [7, 11) is 0. The minimum Gasteiger partial charge on any atom is -0.360 e. The van der Waals surface area contributed by atoms with E-state index in [0.717, 1.165) is 54.6 Å². The Morgan fingerprint density at radius 3 is 2.67 bits per heavy atom. The van der Waals surface area contributed by atoms with Gasteiger partial charge in [-0.15, -0.1) is 11.3 Å². The molecule has 5 nitrogen and oxygen atoms in total. The topological polar surface area (TPSA) is 49.6 Å². The maximum absolute atomic E-state index is 12.4. The van der Waals surface area contributed by atoms with Crippen LogP contribution in [0.1, 0.15) is 26.7 Å². The predicted octanol–water partition coefficient (Wildman–Crippen LogP) is 2.31. The van der Waals surface area contributed by atoms with Crippen LogP contribution in [0.5, 0.6) is 0 Å². The van der Waals surface area contributed by atoms with Crippen molar-refractivity contribution in [3.05, 3.63) is 39.4 Å². The number of aryl methyl sites for hydroxylation is 2. The lowest BCUT2D eigenvalue weighted by Gasteiger charge is -2.34. The molecule has 0 unspecified atom stereocenters. The Morgan fingerprint density at radius 1 is 1.33 bits per heavy atom. The molecule has 0 aromatic carbocycles. The van der Waals surface area contributed by atoms with Crippen molar-refractivity contribution in [3.63, 3.8) is 0 Å². The summed E-state index contributed by atoms with van der Waals surface area (Å²) >= 11 is 1.53. The average Bonchev–Trinajstić information content (AvgIpc) is 3.08. The molecule has 0 bridgehead atoms. The SMILES string of the molecule is Cc1cc(CN2CCN(C(=O)c3sccc3C)CC2)on1. The molecule has 6 heteroatoms. The van der Waals surface area contributed by atoms with Gasteiger partial charge in [0.25, 0.3) is 5.91 Å². The van der Waals surface area contributed by atoms with E-state index in [9.17, 15) is 4.79 Å². The zero-order chi connectivity index (χ0) is 14.8. The minimum atomic E-state index is 0.164. The molecule has 1 fully saturated rings. The monoisotopic (exact) mass is 305 g/mol. The van der Waals surface area contributed by atoms with Gasteiger partial charge in [0.05, 0.1) is 17.1 Å². The van der Waals surface area contributed by atoms with E-state index in [0.29, 0.717) is 0 Å². The van der Waals surface area contributed by atoms with E-state index in [2.05, 4.69) is 10.1 Å². The predicted molar refractivity (Wildman–Crippen MR) is 81.5 cm³/mol. The number of carbonyl (C=O) groups is 1. The van der Waals surface area contributed by atoms with Crippen LogP contribution in [-0.4, -0.2) is 47.0 Å². The van der Waals surface area contributed by atoms with Crippen molar-refractivity contribution in [1.29, 1.82) is 0 Å². The lowest BCUT2D eigenvalue weighted by atomic mass is 10.2. The van der Waals surface area contributed by atoms with Gasteiger partial charge < -0.3 is 9.42 Å². The molecule has 3 rings (SSSR count). The number of amides is 1. The largest absolute Gasteiger partial charge is 0.360 e. The number of aromatic nitrogens is 1. The zero-order valence-corrected chi connectivity index (χ0v) is 13.2. The fourth-order valence-corrected chi connectivity index (χ4v) is 3.45. The molecule has 0 saturated carbocycles. The molecule has 1 amide bonds. The lowest BCUT2D eigenvalue weighted by molar-refractivity contribution is 0.0621. The van der Waals surface area contributed by atoms with Crippen LogP contribution >= 0.6 is 11.3 Å². The van der Waals surface area contributed by atoms with Crippen molar-refractivity contribution in [1.82, 2.24) is 15.0 Å². The van der Waals surface area contributed by atoms with Gasteiger partial charge in [0.1, 0.15) is 0 Å². The molecule has 0 aliphatic carbocycles. The van der Waals surface area contributed by atoms with Crippen LogP contribution in [0.25, 0.3) is 0 Å². The van der Waals surface area contributed by atoms with Gasteiger partial charge in [0.15, 0.2) is 5.76 Å². The molecule has 0 spiro atoms. The number of rotatable bonds is 3. The van der Waals surface area contributed by atoms with Gasteiger partial charge in [-0.1, -0.05) is 5.16 Å². The van der Waals surface area contributed by atoms with Crippen LogP contribution in [-0.2, 0) is 6.54 Å². The first-order chi connectivity index (χ1) is 10.1. The van der Waals surface area contributed by atoms with E-state index in [-0.39, 0.29) is 5.91 Å². The second-order valence-corrected chi connectivity index (χ2v) is 6.35. The number of nitrogens with zero attached hydrogens (tertiary/aromatic N) is 3. The third-order valence-electron chi connectivity index (χ3n) is 3.77. The molecule has 2 aromatic rings. The third-order valence-corrected chi connectivity index (χ3v) is 4.78. The molecule has 3 heterocycles. The zero-order valence-electron chi connectivity index (χ0n) is 12.3. The van der Waals surface area contributed by atoms with Crippen LogP contribution in [0.3, 0.4) is 0 Å². The Bertz CT molecular complexity index is 626. The summed E-state index contributed by atoms with van der Waals surface area (Å²) in [6.07, 6.45) is 0. The first-order valence-corrected chi connectivity index (χ1v) is 7.99. The van der Waals surface area contributed by atoms with Gasteiger partial charge in [-0.3, -0.25) is 9.69 Å². The number of piperazine rings is 1. The molecule has 0 atom stereocenters. The number of thiophene rings is 1. The first kappa shape index (κ1) is 14.3. The van der Waals surface area contributed by atoms with Crippen molar-refractivity contribution < 1.29 is 9.32 Å². The van der Waals surface area contributed by atoms with E-state index < -0.39 is 0 Å². The molecular formula is C15H19N3O2S. The fourth-order valence-electron chi connectivity index (χ4n) is 2.56. The van der Waals surface area contributed by atoms with Crippen LogP contribution in [0.2, 0.25) is 0 Å². The van der Waals surface area contributed by atoms with Crippen LogP contribution in [0.4, 0.5) is 0 Å². The standard InChI is InChI=1S/C15H19N3O2S/c1-11-3-8-21-14(11)15(19)18-6-4-17(5-7-18)10-13-9-12(2)16-20-13/h3,8-9H,4-7,10H2,1-2H3. The van der Waals surface area contributed by atoms with E-state index >= 15 is 0 Å². The van der Waals surface area contributed by atoms with E-state index in [1.165, 1.54) is 11.3 Å². The Balaban J connectivity index is 1.55. The van der Waals surface area contributed by atoms with Crippen molar-refractivity contribution in [3.8, 4) is 0 Å². The Kier molecular flexibility index (Phi) is 4.07. The molecule has 0 radical (unpaired) electrons. The highest BCUT2D eigenvalue weighted by atomic mass is 32.1. The van der Waals surface area contributed by atoms with Crippen LogP contribution < -0.4 is 0 Å². The molecule has 1 aliphatic heterocycles. The van der Waals surface area contributed by atoms with Crippen molar-refractivity contribution in [2.75, 3.05) is 26.2 Å². The van der Waals surface area contributed by atoms with Gasteiger partial charge in [0, 0.05) is 32.2 Å². The lowest BCUT2D eigenvalue weighted by Crippen LogP contribution is -2.48. The smallest absolute Gasteiger partial charge is 0.264 e. The third kappa shape index (κ3) is 3.16. The van der Waals surface area contributed by atoms with Gasteiger partial charge in [-0.2, -0.15) is 0 Å². The molecular weight excluding hydrogens is 286 g/mol. The summed E-state index contributed by atoms with van der Waals surface area (Å²) in [5.41, 5.74) is 1.98. The summed E-state index contributed by atoms with van der Waals surface area (Å²) < 4.78 is 5.25. The maximum Gasteiger partial charge on any atom is 0.264 e. The van der Waals surface area contributed by atoms with Gasteiger partial charge in [0.2, 0.25) is 0 Å². The van der Waals surface area contributed by atoms with E-state index in [1.54, 1.807) is 0 Å². The molecule has 112 valence electrons. The number of carbonyl (C=O) groups excluding carboxylic acids is 1. The van der Waals surface area contributed by atoms with Crippen molar-refractivity contribution in [2.45, 2.75) is 20.4 Å². The molecule has 0 N–H and O–H groups in total. The normalized spacial score (nSPS) is 16.4. The summed E-state index contributed by atoms with van der Waals surface area (Å²) in [5.74, 6) is 1.05. The Labute approximate surface area is 128 Å². The highest BCUT2D eigenvalue weighted by molar-refractivity contribution is 7.12. The van der Waals surface area contributed by atoms with Crippen molar-refractivity contribution >= 4 is 17.2 Å². The summed E-state index contributed by atoms with van der Waals surface area (Å²) in [5, 5.41) is 5.88. The maximum atomic E-state index is 12.4. The van der Waals surface area contributed by atoms with Crippen LogP contribution in [0, 0.1) is 13.8 Å². The second kappa shape index (κ2) is 5.99. The average molecular weight is 305 g/mol. The van der Waals surface area contributed by atoms with E-state index in [1.807, 2.05) is 36.3 Å². The minimum absolute atomic E-state index is 0.164. The molecule has 2 aromatic heterocycles. The van der Waals surface area contributed by atoms with Crippen molar-refractivity contribution in [2.24, 2.45) is 0 Å². The highest BCUT2D eigenvalue weighted by Crippen LogP contribution is 2.19. The highest BCUT2D eigenvalue weighted by Gasteiger charge is 2.24. The van der Waals surface area contributed by atoms with Crippen LogP contribution in [0.15, 0.2) is 22.0 Å². The second-order valence-electron chi connectivity index (χ2n) is 5.44. The molecule has 21 heavy (non-hydrogen) atoms. The number of hydrogen-bond donors (Lipinski definition) is 0. The number of hydrogen-bond acceptors (Lipinski definition) is 5. The van der Waals surface area contributed by atoms with Gasteiger partial charge in [-0.25, -0.2) is 0 Å². The van der Waals surface area contributed by atoms with E-state index in [4.69, 9.17) is 4.52 Å².